The number of ketones is 1. The van der Waals surface area contributed by atoms with E-state index < -0.39 is 59.4 Å². The maximum Gasteiger partial charge on any atom is 0.334 e. The van der Waals surface area contributed by atoms with Crippen molar-refractivity contribution >= 4 is 23.7 Å². The Bertz CT molecular complexity index is 1140. The number of carbonyl (C=O) groups excluding carboxylic acids is 4. The van der Waals surface area contributed by atoms with Crippen LogP contribution in [0.15, 0.2) is 23.3 Å². The number of ether oxygens (including phenoxy) is 5. The van der Waals surface area contributed by atoms with Gasteiger partial charge in [0.2, 0.25) is 0 Å². The fourth-order valence-corrected chi connectivity index (χ4v) is 7.48. The Kier molecular flexibility index (Phi) is 7.43. The van der Waals surface area contributed by atoms with Gasteiger partial charge in [0.25, 0.3) is 0 Å². The summed E-state index contributed by atoms with van der Waals surface area (Å²) >= 11 is 0. The SMILES string of the molecule is C/C=C(/C)C(=O)O[C@@H]1/C(C)=C/[C@@]23O[C@@]2(C[C@H](C)[C@@H]3OC(C)=O)C(=O)[C@H](C)[C@H](OC(C)=O)[C@@H]2[C@H]([C@@H]1OC)C2(C)C. The smallest absolute Gasteiger partial charge is 0.334 e. The number of Topliss-reactive ketones (excluding diaryl/α,β-unsaturated/α-hetero) is 1. The van der Waals surface area contributed by atoms with E-state index in [0.717, 1.165) is 0 Å². The van der Waals surface area contributed by atoms with E-state index in [9.17, 15) is 19.2 Å². The van der Waals surface area contributed by atoms with Crippen molar-refractivity contribution in [3.63, 3.8) is 0 Å². The third-order valence-corrected chi connectivity index (χ3v) is 9.54. The number of epoxide rings is 1. The molecule has 0 N–H and O–H groups in total. The summed E-state index contributed by atoms with van der Waals surface area (Å²) in [5, 5.41) is 0. The molecule has 216 valence electrons. The van der Waals surface area contributed by atoms with Gasteiger partial charge in [-0.1, -0.05) is 33.8 Å². The number of rotatable bonds is 5. The van der Waals surface area contributed by atoms with Crippen LogP contribution in [0.2, 0.25) is 0 Å². The van der Waals surface area contributed by atoms with E-state index in [4.69, 9.17) is 23.7 Å². The van der Waals surface area contributed by atoms with Gasteiger partial charge in [-0.15, -0.1) is 0 Å². The van der Waals surface area contributed by atoms with Gasteiger partial charge in [0.05, 0.1) is 5.92 Å². The predicted molar refractivity (Wildman–Crippen MR) is 140 cm³/mol. The molecule has 3 fully saturated rings. The van der Waals surface area contributed by atoms with Gasteiger partial charge in [0, 0.05) is 38.4 Å². The van der Waals surface area contributed by atoms with Crippen molar-refractivity contribution in [3.05, 3.63) is 23.3 Å². The Balaban J connectivity index is 1.92. The lowest BCUT2D eigenvalue weighted by molar-refractivity contribution is -0.154. The van der Waals surface area contributed by atoms with Crippen molar-refractivity contribution in [1.29, 1.82) is 0 Å². The molecule has 0 amide bonds. The van der Waals surface area contributed by atoms with Gasteiger partial charge in [-0.05, 0) is 50.2 Å². The zero-order valence-electron chi connectivity index (χ0n) is 24.7. The Hall–Kier alpha value is -2.52. The number of methoxy groups -OCH3 is 1. The summed E-state index contributed by atoms with van der Waals surface area (Å²) in [5.74, 6) is -2.90. The molecule has 0 spiro atoms. The second-order valence-electron chi connectivity index (χ2n) is 12.4. The first-order chi connectivity index (χ1) is 18.1. The molecule has 0 unspecified atom stereocenters. The van der Waals surface area contributed by atoms with Crippen molar-refractivity contribution in [1.82, 2.24) is 0 Å². The van der Waals surface area contributed by atoms with Crippen molar-refractivity contribution in [2.24, 2.45) is 29.1 Å². The van der Waals surface area contributed by atoms with Gasteiger partial charge in [0.15, 0.2) is 17.0 Å². The van der Waals surface area contributed by atoms with Crippen LogP contribution in [0.3, 0.4) is 0 Å². The molecule has 0 bridgehead atoms. The molecule has 0 aromatic carbocycles. The molecule has 0 aromatic rings. The third-order valence-electron chi connectivity index (χ3n) is 9.54. The van der Waals surface area contributed by atoms with E-state index in [2.05, 4.69) is 0 Å². The molecule has 1 heterocycles. The minimum Gasteiger partial charge on any atom is -0.461 e. The van der Waals surface area contributed by atoms with Crippen LogP contribution < -0.4 is 0 Å². The van der Waals surface area contributed by atoms with Crippen LogP contribution >= 0.6 is 0 Å². The average molecular weight is 547 g/mol. The van der Waals surface area contributed by atoms with Gasteiger partial charge in [-0.3, -0.25) is 14.4 Å². The highest BCUT2D eigenvalue weighted by molar-refractivity contribution is 5.96. The maximum absolute atomic E-state index is 14.3. The standard InChI is InChI=1S/C30H42O9/c1-11-14(2)27(34)38-22-15(3)12-30-26(37-19(7)32)16(4)13-29(30,39-30)25(33)17(5)23(36-18(6)31)20-21(24(22)35-10)28(20,8)9/h11-12,16-17,20-24,26H,13H2,1-10H3/b14-11-,15-12+/t16-,17+,20-,21+,22+,23-,24-,26-,29-,30-/m0/s1. The van der Waals surface area contributed by atoms with Crippen molar-refractivity contribution in [3.8, 4) is 0 Å². The summed E-state index contributed by atoms with van der Waals surface area (Å²) in [5.41, 5.74) is -1.77. The molecule has 1 saturated heterocycles. The molecule has 3 aliphatic carbocycles. The lowest BCUT2D eigenvalue weighted by Gasteiger charge is -2.30. The van der Waals surface area contributed by atoms with Crippen LogP contribution in [-0.4, -0.2) is 66.4 Å². The first-order valence-electron chi connectivity index (χ1n) is 13.7. The summed E-state index contributed by atoms with van der Waals surface area (Å²) in [6.45, 7) is 15.7. The molecular weight excluding hydrogens is 504 g/mol. The molecule has 0 aromatic heterocycles. The fraction of sp³-hybridized carbons (Fsp3) is 0.733. The minimum atomic E-state index is -1.25. The number of esters is 3. The summed E-state index contributed by atoms with van der Waals surface area (Å²) in [4.78, 5) is 51.7. The topological polar surface area (TPSA) is 118 Å². The third kappa shape index (κ3) is 4.46. The molecule has 2 saturated carbocycles. The van der Waals surface area contributed by atoms with E-state index in [1.165, 1.54) is 13.8 Å². The largest absolute Gasteiger partial charge is 0.461 e. The summed E-state index contributed by atoms with van der Waals surface area (Å²) in [7, 11) is 1.57. The highest BCUT2D eigenvalue weighted by Crippen LogP contribution is 2.68. The number of hydrogen-bond donors (Lipinski definition) is 0. The van der Waals surface area contributed by atoms with Gasteiger partial charge in [-0.25, -0.2) is 4.79 Å². The van der Waals surface area contributed by atoms with E-state index in [-0.39, 0.29) is 29.0 Å². The molecule has 4 rings (SSSR count). The Morgan fingerprint density at radius 1 is 1.00 bits per heavy atom. The number of allylic oxidation sites excluding steroid dienone is 1. The highest BCUT2D eigenvalue weighted by Gasteiger charge is 2.84. The Morgan fingerprint density at radius 3 is 2.13 bits per heavy atom. The summed E-state index contributed by atoms with van der Waals surface area (Å²) < 4.78 is 30.1. The number of fused-ring (bicyclic) bond motifs is 1. The molecular formula is C30H42O9. The molecule has 10 atom stereocenters. The quantitative estimate of drug-likeness (QED) is 0.167. The molecule has 9 heteroatoms. The van der Waals surface area contributed by atoms with Crippen molar-refractivity contribution in [2.75, 3.05) is 7.11 Å². The molecule has 39 heavy (non-hydrogen) atoms. The Morgan fingerprint density at radius 2 is 1.59 bits per heavy atom. The number of carbonyl (C=O) groups is 4. The van der Waals surface area contributed by atoms with Crippen LogP contribution in [-0.2, 0) is 42.9 Å². The molecule has 9 nitrogen and oxygen atoms in total. The first-order valence-corrected chi connectivity index (χ1v) is 13.7. The normalized spacial score (nSPS) is 43.9. The van der Waals surface area contributed by atoms with Crippen molar-refractivity contribution < 1.29 is 42.9 Å². The van der Waals surface area contributed by atoms with Gasteiger partial charge >= 0.3 is 17.9 Å². The second kappa shape index (κ2) is 9.84. The monoisotopic (exact) mass is 546 g/mol. The fourth-order valence-electron chi connectivity index (χ4n) is 7.48. The highest BCUT2D eigenvalue weighted by atomic mass is 16.7. The van der Waals surface area contributed by atoms with E-state index in [0.29, 0.717) is 17.6 Å². The van der Waals surface area contributed by atoms with E-state index >= 15 is 0 Å². The molecule has 4 aliphatic rings. The van der Waals surface area contributed by atoms with Gasteiger partial charge in [0.1, 0.15) is 24.4 Å². The lowest BCUT2D eigenvalue weighted by Crippen LogP contribution is -2.43. The van der Waals surface area contributed by atoms with Crippen molar-refractivity contribution in [2.45, 2.75) is 104 Å². The lowest BCUT2D eigenvalue weighted by atomic mass is 9.80. The van der Waals surface area contributed by atoms with E-state index in [1.807, 2.05) is 27.7 Å². The maximum atomic E-state index is 14.3. The van der Waals surface area contributed by atoms with Crippen LogP contribution in [0.4, 0.5) is 0 Å². The van der Waals surface area contributed by atoms with Gasteiger partial charge < -0.3 is 23.7 Å². The first kappa shape index (κ1) is 29.5. The van der Waals surface area contributed by atoms with Crippen LogP contribution in [0, 0.1) is 29.1 Å². The molecule has 0 radical (unpaired) electrons. The average Bonchev–Trinajstić information content (AvgIpc) is 3.64. The van der Waals surface area contributed by atoms with Gasteiger partial charge in [-0.2, -0.15) is 0 Å². The van der Waals surface area contributed by atoms with Crippen LogP contribution in [0.1, 0.15) is 68.7 Å². The molecule has 1 aliphatic heterocycles. The summed E-state index contributed by atoms with van der Waals surface area (Å²) in [6.07, 6.45) is 0.965. The zero-order valence-corrected chi connectivity index (χ0v) is 24.7. The Labute approximate surface area is 230 Å². The summed E-state index contributed by atoms with van der Waals surface area (Å²) in [6, 6.07) is 0. The second-order valence-corrected chi connectivity index (χ2v) is 12.4. The zero-order chi connectivity index (χ0) is 29.2. The minimum absolute atomic E-state index is 0.174. The van der Waals surface area contributed by atoms with E-state index in [1.54, 1.807) is 40.0 Å². The number of hydrogen-bond acceptors (Lipinski definition) is 9. The van der Waals surface area contributed by atoms with Crippen LogP contribution in [0.5, 0.6) is 0 Å². The predicted octanol–water partition coefficient (Wildman–Crippen LogP) is 3.73. The van der Waals surface area contributed by atoms with Crippen LogP contribution in [0.25, 0.3) is 0 Å².